The average molecular weight is 324 g/mol. The molecule has 130 valence electrons. The second-order valence-corrected chi connectivity index (χ2v) is 5.67. The van der Waals surface area contributed by atoms with Gasteiger partial charge in [0.2, 0.25) is 0 Å². The van der Waals surface area contributed by atoms with E-state index in [0.29, 0.717) is 6.42 Å². The lowest BCUT2D eigenvalue weighted by Crippen LogP contribution is -2.37. The van der Waals surface area contributed by atoms with Crippen LogP contribution < -0.4 is 0 Å². The van der Waals surface area contributed by atoms with Gasteiger partial charge >= 0.3 is 11.9 Å². The molecule has 2 atom stereocenters. The van der Waals surface area contributed by atoms with E-state index in [0.717, 1.165) is 19.3 Å². The summed E-state index contributed by atoms with van der Waals surface area (Å²) in [5.41, 5.74) is -1.24. The second-order valence-electron chi connectivity index (χ2n) is 5.67. The molecule has 0 aliphatic rings. The molecule has 0 heterocycles. The van der Waals surface area contributed by atoms with Crippen LogP contribution in [0.15, 0.2) is 0 Å². The molecular weight excluding hydrogens is 296 g/mol. The first-order valence-corrected chi connectivity index (χ1v) is 8.11. The molecule has 0 aliphatic carbocycles. The maximum Gasteiger partial charge on any atom is 0.319 e. The van der Waals surface area contributed by atoms with Gasteiger partial charge in [0.15, 0.2) is 6.10 Å². The van der Waals surface area contributed by atoms with Crippen LogP contribution in [0.1, 0.15) is 66.7 Å². The summed E-state index contributed by atoms with van der Waals surface area (Å²) in [4.78, 5) is 35.1. The smallest absolute Gasteiger partial charge is 0.319 e. The molecule has 0 bridgehead atoms. The minimum absolute atomic E-state index is 0.214. The van der Waals surface area contributed by atoms with Gasteiger partial charge in [-0.2, -0.15) is 0 Å². The molecular formula is C18H28O5. The zero-order valence-corrected chi connectivity index (χ0v) is 14.9. The summed E-state index contributed by atoms with van der Waals surface area (Å²) >= 11 is 0. The van der Waals surface area contributed by atoms with Gasteiger partial charge in [-0.15, -0.1) is 0 Å². The number of ketones is 1. The molecule has 0 amide bonds. The third kappa shape index (κ3) is 7.83. The average Bonchev–Trinajstić information content (AvgIpc) is 2.48. The Morgan fingerprint density at radius 2 is 1.83 bits per heavy atom. The fourth-order valence-electron chi connectivity index (χ4n) is 1.94. The zero-order valence-electron chi connectivity index (χ0n) is 14.9. The number of hydrogen-bond donors (Lipinski definition) is 0. The molecule has 0 fully saturated rings. The van der Waals surface area contributed by atoms with Crippen LogP contribution in [-0.4, -0.2) is 30.4 Å². The van der Waals surface area contributed by atoms with Crippen molar-refractivity contribution in [2.75, 3.05) is 6.61 Å². The van der Waals surface area contributed by atoms with Gasteiger partial charge in [-0.3, -0.25) is 14.4 Å². The Bertz CT molecular complexity index is 472. The van der Waals surface area contributed by atoms with Gasteiger partial charge in [0.1, 0.15) is 11.2 Å². The van der Waals surface area contributed by atoms with E-state index < -0.39 is 23.5 Å². The summed E-state index contributed by atoms with van der Waals surface area (Å²) < 4.78 is 10.2. The number of carbonyl (C=O) groups is 3. The zero-order chi connectivity index (χ0) is 17.9. The van der Waals surface area contributed by atoms with Gasteiger partial charge in [-0.05, 0) is 40.0 Å². The number of rotatable bonds is 9. The monoisotopic (exact) mass is 324 g/mol. The van der Waals surface area contributed by atoms with Gasteiger partial charge in [0.25, 0.3) is 0 Å². The summed E-state index contributed by atoms with van der Waals surface area (Å²) in [7, 11) is 0. The van der Waals surface area contributed by atoms with Crippen molar-refractivity contribution in [2.24, 2.45) is 5.41 Å². The fraction of sp³-hybridized carbons (Fsp3) is 0.722. The number of esters is 2. The van der Waals surface area contributed by atoms with E-state index in [2.05, 4.69) is 18.8 Å². The topological polar surface area (TPSA) is 69.7 Å². The third-order valence-corrected chi connectivity index (χ3v) is 3.64. The van der Waals surface area contributed by atoms with Crippen LogP contribution in [0.4, 0.5) is 0 Å². The Morgan fingerprint density at radius 1 is 1.17 bits per heavy atom. The molecule has 0 aliphatic heterocycles. The first-order valence-electron chi connectivity index (χ1n) is 8.11. The number of unbranched alkanes of at least 4 members (excludes halogenated alkanes) is 2. The Kier molecular flexibility index (Phi) is 9.96. The highest BCUT2D eigenvalue weighted by molar-refractivity contribution is 6.02. The van der Waals surface area contributed by atoms with Crippen LogP contribution in [0.25, 0.3) is 0 Å². The molecule has 0 aromatic carbocycles. The number of carbonyl (C=O) groups excluding carboxylic acids is 3. The van der Waals surface area contributed by atoms with E-state index in [1.54, 1.807) is 13.8 Å². The van der Waals surface area contributed by atoms with E-state index in [4.69, 9.17) is 9.47 Å². The Morgan fingerprint density at radius 3 is 2.30 bits per heavy atom. The number of ether oxygens (including phenoxy) is 2. The van der Waals surface area contributed by atoms with Crippen molar-refractivity contribution < 1.29 is 23.9 Å². The van der Waals surface area contributed by atoms with Crippen LogP contribution in [0, 0.1) is 17.3 Å². The predicted octanol–water partition coefficient (Wildman–Crippen LogP) is 3.05. The van der Waals surface area contributed by atoms with Crippen LogP contribution in [0.5, 0.6) is 0 Å². The van der Waals surface area contributed by atoms with Crippen LogP contribution in [-0.2, 0) is 23.9 Å². The van der Waals surface area contributed by atoms with Gasteiger partial charge in [-0.1, -0.05) is 25.2 Å². The molecule has 0 rings (SSSR count). The fourth-order valence-corrected chi connectivity index (χ4v) is 1.94. The number of Topliss-reactive ketones (excluding diaryl/α,β-unsaturated/α-hetero) is 1. The van der Waals surface area contributed by atoms with Crippen molar-refractivity contribution in [1.82, 2.24) is 0 Å². The van der Waals surface area contributed by atoms with Gasteiger partial charge in [0.05, 0.1) is 6.61 Å². The van der Waals surface area contributed by atoms with Gasteiger partial charge in [0, 0.05) is 13.3 Å². The molecule has 2 unspecified atom stereocenters. The summed E-state index contributed by atoms with van der Waals surface area (Å²) in [6.45, 7) is 8.22. The minimum atomic E-state index is -1.24. The van der Waals surface area contributed by atoms with Crippen LogP contribution in [0.3, 0.4) is 0 Å². The van der Waals surface area contributed by atoms with Crippen molar-refractivity contribution in [2.45, 2.75) is 72.8 Å². The highest BCUT2D eigenvalue weighted by Gasteiger charge is 2.40. The molecule has 0 aromatic rings. The molecule has 5 heteroatoms. The highest BCUT2D eigenvalue weighted by Crippen LogP contribution is 2.28. The van der Waals surface area contributed by atoms with Crippen molar-refractivity contribution in [3.8, 4) is 11.8 Å². The summed E-state index contributed by atoms with van der Waals surface area (Å²) in [6.07, 6.45) is 2.68. The Balaban J connectivity index is 4.94. The summed E-state index contributed by atoms with van der Waals surface area (Å²) in [5.74, 6) is 4.65. The first-order chi connectivity index (χ1) is 10.8. The van der Waals surface area contributed by atoms with Crippen molar-refractivity contribution in [3.05, 3.63) is 0 Å². The summed E-state index contributed by atoms with van der Waals surface area (Å²) in [5, 5.41) is 0. The van der Waals surface area contributed by atoms with Crippen LogP contribution in [0.2, 0.25) is 0 Å². The number of hydrogen-bond acceptors (Lipinski definition) is 5. The second kappa shape index (κ2) is 10.8. The van der Waals surface area contributed by atoms with E-state index in [9.17, 15) is 14.4 Å². The molecule has 0 N–H and O–H groups in total. The van der Waals surface area contributed by atoms with Crippen LogP contribution >= 0.6 is 0 Å². The van der Waals surface area contributed by atoms with Crippen molar-refractivity contribution in [1.29, 1.82) is 0 Å². The quantitative estimate of drug-likeness (QED) is 0.282. The lowest BCUT2D eigenvalue weighted by Gasteiger charge is -2.25. The molecule has 5 nitrogen and oxygen atoms in total. The molecule has 0 saturated heterocycles. The van der Waals surface area contributed by atoms with Crippen molar-refractivity contribution >= 4 is 17.7 Å². The highest BCUT2D eigenvalue weighted by atomic mass is 16.5. The van der Waals surface area contributed by atoms with Gasteiger partial charge in [-0.25, -0.2) is 0 Å². The predicted molar refractivity (Wildman–Crippen MR) is 87.5 cm³/mol. The molecule has 0 saturated carbocycles. The molecule has 0 radical (unpaired) electrons. The van der Waals surface area contributed by atoms with Crippen molar-refractivity contribution in [3.63, 3.8) is 0 Å². The molecule has 23 heavy (non-hydrogen) atoms. The molecule has 0 aromatic heterocycles. The maximum atomic E-state index is 12.1. The largest absolute Gasteiger partial charge is 0.465 e. The minimum Gasteiger partial charge on any atom is -0.465 e. The van der Waals surface area contributed by atoms with E-state index in [1.165, 1.54) is 13.8 Å². The first kappa shape index (κ1) is 21.2. The summed E-state index contributed by atoms with van der Waals surface area (Å²) in [6, 6.07) is 0. The standard InChI is InChI=1S/C18H28O5/c1-6-8-9-10-11-16(23-15(4)20)12-13-18(5,14(3)19)17(21)22-7-2/h16H,6-9,12-13H2,1-5H3. The lowest BCUT2D eigenvalue weighted by atomic mass is 9.81. The third-order valence-electron chi connectivity index (χ3n) is 3.64. The van der Waals surface area contributed by atoms with E-state index >= 15 is 0 Å². The molecule has 0 spiro atoms. The van der Waals surface area contributed by atoms with E-state index in [-0.39, 0.29) is 18.8 Å². The Hall–Kier alpha value is -1.83. The SMILES string of the molecule is CCCCC#CC(CCC(C)(C(C)=O)C(=O)OCC)OC(C)=O. The lowest BCUT2D eigenvalue weighted by molar-refractivity contribution is -0.159. The maximum absolute atomic E-state index is 12.1. The Labute approximate surface area is 139 Å². The van der Waals surface area contributed by atoms with Gasteiger partial charge < -0.3 is 9.47 Å². The van der Waals surface area contributed by atoms with E-state index in [1.807, 2.05) is 0 Å². The normalized spacial score (nSPS) is 14.0.